The fourth-order valence-corrected chi connectivity index (χ4v) is 4.18. The average molecular weight is 536 g/mol. The molecule has 8 nitrogen and oxygen atoms in total. The van der Waals surface area contributed by atoms with Crippen molar-refractivity contribution < 1.29 is 23.9 Å². The number of nitrogens with one attached hydrogen (secondary N) is 1. The summed E-state index contributed by atoms with van der Waals surface area (Å²) >= 11 is 12.3. The lowest BCUT2D eigenvalue weighted by Gasteiger charge is -2.36. The molecule has 36 heavy (non-hydrogen) atoms. The third-order valence-corrected chi connectivity index (χ3v) is 6.07. The molecule has 194 valence electrons. The van der Waals surface area contributed by atoms with E-state index >= 15 is 0 Å². The number of halogens is 2. The van der Waals surface area contributed by atoms with E-state index in [0.717, 1.165) is 5.56 Å². The number of benzene rings is 2. The van der Waals surface area contributed by atoms with Crippen molar-refractivity contribution in [2.45, 2.75) is 45.4 Å². The summed E-state index contributed by atoms with van der Waals surface area (Å²) in [5.41, 5.74) is 0.844. The number of hydrogen-bond acceptors (Lipinski definition) is 5. The van der Waals surface area contributed by atoms with Crippen molar-refractivity contribution in [1.82, 2.24) is 15.1 Å². The minimum atomic E-state index is -0.907. The molecule has 2 aromatic rings. The van der Waals surface area contributed by atoms with Crippen LogP contribution in [0.1, 0.15) is 31.9 Å². The first-order valence-electron chi connectivity index (χ1n) is 11.7. The quantitative estimate of drug-likeness (QED) is 0.567. The summed E-state index contributed by atoms with van der Waals surface area (Å²) in [5, 5.41) is 3.56. The predicted octanol–water partition coefficient (Wildman–Crippen LogP) is 4.91. The number of rotatable bonds is 6. The Morgan fingerprint density at radius 1 is 0.972 bits per heavy atom. The number of piperazine rings is 1. The molecule has 1 heterocycles. The van der Waals surface area contributed by atoms with Gasteiger partial charge in [0.05, 0.1) is 0 Å². The van der Waals surface area contributed by atoms with Crippen LogP contribution in [-0.4, -0.2) is 65.7 Å². The molecule has 3 rings (SSSR count). The highest BCUT2D eigenvalue weighted by atomic mass is 35.5. The number of nitrogens with zero attached hydrogens (tertiary/aromatic N) is 2. The Kier molecular flexibility index (Phi) is 9.45. The van der Waals surface area contributed by atoms with E-state index in [0.29, 0.717) is 41.8 Å². The minimum absolute atomic E-state index is 0.160. The standard InChI is InChI=1S/C26H31Cl2N3O5/c1-26(2,3)36-24(33)29-22(15-19-9-10-20(27)16-21(19)28)23(32)30-11-13-31(14-12-30)25(34)35-17-18-7-5-4-6-8-18/h4-10,16,22H,11-15,17H2,1-3H3,(H,29,33)/t22-/m0/s1. The molecule has 1 aliphatic heterocycles. The normalized spacial score (nSPS) is 14.7. The van der Waals surface area contributed by atoms with E-state index < -0.39 is 23.8 Å². The first-order chi connectivity index (χ1) is 17.0. The molecule has 0 spiro atoms. The molecule has 1 saturated heterocycles. The van der Waals surface area contributed by atoms with Crippen molar-refractivity contribution in [1.29, 1.82) is 0 Å². The molecule has 10 heteroatoms. The molecule has 0 bridgehead atoms. The van der Waals surface area contributed by atoms with E-state index in [-0.39, 0.29) is 18.9 Å². The first-order valence-corrected chi connectivity index (χ1v) is 12.5. The third kappa shape index (κ3) is 8.31. The molecule has 1 fully saturated rings. The van der Waals surface area contributed by atoms with E-state index in [1.165, 1.54) is 0 Å². The summed E-state index contributed by atoms with van der Waals surface area (Å²) in [7, 11) is 0. The Morgan fingerprint density at radius 2 is 1.61 bits per heavy atom. The van der Waals surface area contributed by atoms with Gasteiger partial charge in [-0.15, -0.1) is 0 Å². The fourth-order valence-electron chi connectivity index (χ4n) is 3.70. The van der Waals surface area contributed by atoms with E-state index in [2.05, 4.69) is 5.32 Å². The van der Waals surface area contributed by atoms with E-state index in [4.69, 9.17) is 32.7 Å². The molecular weight excluding hydrogens is 505 g/mol. The highest BCUT2D eigenvalue weighted by Gasteiger charge is 2.32. The summed E-state index contributed by atoms with van der Waals surface area (Å²) < 4.78 is 10.8. The molecule has 0 aromatic heterocycles. The van der Waals surface area contributed by atoms with Crippen LogP contribution in [0, 0.1) is 0 Å². The van der Waals surface area contributed by atoms with Crippen LogP contribution in [0.2, 0.25) is 10.0 Å². The van der Waals surface area contributed by atoms with Gasteiger partial charge < -0.3 is 24.6 Å². The molecule has 0 unspecified atom stereocenters. The summed E-state index contributed by atoms with van der Waals surface area (Å²) in [6.45, 7) is 6.67. The lowest BCUT2D eigenvalue weighted by molar-refractivity contribution is -0.135. The van der Waals surface area contributed by atoms with Gasteiger partial charge in [0, 0.05) is 42.6 Å². The van der Waals surface area contributed by atoms with Crippen molar-refractivity contribution in [3.05, 3.63) is 69.7 Å². The van der Waals surface area contributed by atoms with Gasteiger partial charge in [0.2, 0.25) is 5.91 Å². The fraction of sp³-hybridized carbons (Fsp3) is 0.423. The zero-order valence-corrected chi connectivity index (χ0v) is 22.1. The molecular formula is C26H31Cl2N3O5. The number of carbonyl (C=O) groups excluding carboxylic acids is 3. The molecule has 3 amide bonds. The van der Waals surface area contributed by atoms with Gasteiger partial charge in [0.15, 0.2) is 0 Å². The Hall–Kier alpha value is -2.97. The van der Waals surface area contributed by atoms with Crippen LogP contribution in [-0.2, 0) is 27.3 Å². The Bertz CT molecular complexity index is 1070. The summed E-state index contributed by atoms with van der Waals surface area (Å²) in [4.78, 5) is 41.6. The van der Waals surface area contributed by atoms with Gasteiger partial charge in [-0.25, -0.2) is 9.59 Å². The number of alkyl carbamates (subject to hydrolysis) is 1. The zero-order chi connectivity index (χ0) is 26.3. The van der Waals surface area contributed by atoms with E-state index in [1.807, 2.05) is 30.3 Å². The topological polar surface area (TPSA) is 88.2 Å². The molecule has 1 aliphatic rings. The van der Waals surface area contributed by atoms with Gasteiger partial charge in [0.1, 0.15) is 18.2 Å². The summed E-state index contributed by atoms with van der Waals surface area (Å²) in [6, 6.07) is 13.5. The van der Waals surface area contributed by atoms with Gasteiger partial charge in [-0.05, 0) is 44.0 Å². The highest BCUT2D eigenvalue weighted by Crippen LogP contribution is 2.23. The number of hydrogen-bond donors (Lipinski definition) is 1. The highest BCUT2D eigenvalue weighted by molar-refractivity contribution is 6.35. The Labute approximate surface area is 221 Å². The maximum Gasteiger partial charge on any atom is 0.410 e. The molecule has 0 aliphatic carbocycles. The second kappa shape index (κ2) is 12.3. The Balaban J connectivity index is 1.62. The van der Waals surface area contributed by atoms with Gasteiger partial charge in [-0.3, -0.25) is 4.79 Å². The second-order valence-corrected chi connectivity index (χ2v) is 10.3. The summed E-state index contributed by atoms with van der Waals surface area (Å²) in [6.07, 6.45) is -0.968. The van der Waals surface area contributed by atoms with Crippen LogP contribution in [0.3, 0.4) is 0 Å². The van der Waals surface area contributed by atoms with Crippen LogP contribution in [0.25, 0.3) is 0 Å². The molecule has 0 saturated carbocycles. The monoisotopic (exact) mass is 535 g/mol. The van der Waals surface area contributed by atoms with Crippen molar-refractivity contribution in [2.24, 2.45) is 0 Å². The smallest absolute Gasteiger partial charge is 0.410 e. The van der Waals surface area contributed by atoms with Crippen LogP contribution >= 0.6 is 23.2 Å². The average Bonchev–Trinajstić information content (AvgIpc) is 2.83. The SMILES string of the molecule is CC(C)(C)OC(=O)N[C@@H](Cc1ccc(Cl)cc1Cl)C(=O)N1CCN(C(=O)OCc2ccccc2)CC1. The largest absolute Gasteiger partial charge is 0.445 e. The Morgan fingerprint density at radius 3 is 2.22 bits per heavy atom. The van der Waals surface area contributed by atoms with Crippen LogP contribution in [0.4, 0.5) is 9.59 Å². The van der Waals surface area contributed by atoms with Gasteiger partial charge in [-0.1, -0.05) is 59.6 Å². The predicted molar refractivity (Wildman–Crippen MR) is 138 cm³/mol. The number of carbonyl (C=O) groups is 3. The second-order valence-electron chi connectivity index (χ2n) is 9.49. The van der Waals surface area contributed by atoms with Crippen molar-refractivity contribution in [2.75, 3.05) is 26.2 Å². The van der Waals surface area contributed by atoms with Crippen molar-refractivity contribution in [3.8, 4) is 0 Å². The molecule has 1 atom stereocenters. The van der Waals surface area contributed by atoms with Gasteiger partial charge >= 0.3 is 12.2 Å². The molecule has 1 N–H and O–H groups in total. The zero-order valence-electron chi connectivity index (χ0n) is 20.6. The maximum atomic E-state index is 13.4. The van der Waals surface area contributed by atoms with Crippen LogP contribution in [0.15, 0.2) is 48.5 Å². The molecule has 2 aromatic carbocycles. The van der Waals surface area contributed by atoms with E-state index in [9.17, 15) is 14.4 Å². The van der Waals surface area contributed by atoms with E-state index in [1.54, 1.807) is 48.8 Å². The van der Waals surface area contributed by atoms with Crippen molar-refractivity contribution >= 4 is 41.3 Å². The minimum Gasteiger partial charge on any atom is -0.445 e. The summed E-state index contributed by atoms with van der Waals surface area (Å²) in [5.74, 6) is -0.288. The molecule has 0 radical (unpaired) electrons. The lowest BCUT2D eigenvalue weighted by Crippen LogP contribution is -2.56. The lowest BCUT2D eigenvalue weighted by atomic mass is 10.0. The maximum absolute atomic E-state index is 13.4. The van der Waals surface area contributed by atoms with Crippen LogP contribution < -0.4 is 5.32 Å². The first kappa shape index (κ1) is 27.6. The van der Waals surface area contributed by atoms with Gasteiger partial charge in [-0.2, -0.15) is 0 Å². The number of amides is 3. The van der Waals surface area contributed by atoms with Gasteiger partial charge in [0.25, 0.3) is 0 Å². The van der Waals surface area contributed by atoms with Crippen LogP contribution in [0.5, 0.6) is 0 Å². The third-order valence-electron chi connectivity index (χ3n) is 5.48. The van der Waals surface area contributed by atoms with Crippen molar-refractivity contribution in [3.63, 3.8) is 0 Å². The number of ether oxygens (including phenoxy) is 2.